The van der Waals surface area contributed by atoms with Crippen LogP contribution in [0.5, 0.6) is 0 Å². The average molecular weight is 459 g/mol. The number of methoxy groups -OCH3 is 1. The van der Waals surface area contributed by atoms with Gasteiger partial charge in [0, 0.05) is 30.8 Å². The van der Waals surface area contributed by atoms with E-state index in [2.05, 4.69) is 41.5 Å². The number of rotatable bonds is 10. The summed E-state index contributed by atoms with van der Waals surface area (Å²) >= 11 is 7.45. The SMILES string of the molecule is COCCCNC(=O)CSc1nnc(-c2ccc(Cl)cc2)n1-c1ccccc1C(C)C. The maximum absolute atomic E-state index is 12.3. The Labute approximate surface area is 192 Å². The topological polar surface area (TPSA) is 69.0 Å². The Morgan fingerprint density at radius 2 is 1.90 bits per heavy atom. The normalized spacial score (nSPS) is 11.1. The standard InChI is InChI=1S/C23H27ClN4O2S/c1-16(2)19-7-4-5-8-20(19)28-22(17-9-11-18(24)12-10-17)26-27-23(28)31-15-21(29)25-13-6-14-30-3/h4-5,7-12,16H,6,13-15H2,1-3H3,(H,25,29). The first kappa shape index (κ1) is 23.3. The number of benzene rings is 2. The average Bonchev–Trinajstić information content (AvgIpc) is 3.19. The van der Waals surface area contributed by atoms with Gasteiger partial charge in [-0.15, -0.1) is 10.2 Å². The lowest BCUT2D eigenvalue weighted by atomic mass is 10.0. The molecule has 0 saturated heterocycles. The molecule has 3 aromatic rings. The number of ether oxygens (including phenoxy) is 1. The minimum Gasteiger partial charge on any atom is -0.385 e. The highest BCUT2D eigenvalue weighted by Gasteiger charge is 2.20. The van der Waals surface area contributed by atoms with Crippen molar-refractivity contribution in [3.05, 3.63) is 59.1 Å². The zero-order valence-electron chi connectivity index (χ0n) is 18.0. The van der Waals surface area contributed by atoms with Crippen molar-refractivity contribution in [2.24, 2.45) is 0 Å². The molecule has 0 fully saturated rings. The molecule has 1 N–H and O–H groups in total. The number of nitrogens with one attached hydrogen (secondary N) is 1. The quantitative estimate of drug-likeness (QED) is 0.343. The summed E-state index contributed by atoms with van der Waals surface area (Å²) in [5, 5.41) is 13.1. The van der Waals surface area contributed by atoms with Crippen molar-refractivity contribution < 1.29 is 9.53 Å². The van der Waals surface area contributed by atoms with Crippen LogP contribution in [-0.2, 0) is 9.53 Å². The summed E-state index contributed by atoms with van der Waals surface area (Å²) in [6, 6.07) is 15.7. The van der Waals surface area contributed by atoms with Crippen LogP contribution in [0.15, 0.2) is 53.7 Å². The number of nitrogens with zero attached hydrogens (tertiary/aromatic N) is 3. The lowest BCUT2D eigenvalue weighted by molar-refractivity contribution is -0.118. The van der Waals surface area contributed by atoms with E-state index >= 15 is 0 Å². The van der Waals surface area contributed by atoms with Crippen molar-refractivity contribution in [2.75, 3.05) is 26.0 Å². The summed E-state index contributed by atoms with van der Waals surface area (Å²) < 4.78 is 7.04. The summed E-state index contributed by atoms with van der Waals surface area (Å²) in [5.74, 6) is 1.25. The second-order valence-electron chi connectivity index (χ2n) is 7.35. The van der Waals surface area contributed by atoms with Crippen LogP contribution in [0.3, 0.4) is 0 Å². The Kier molecular flexibility index (Phi) is 8.51. The molecule has 0 radical (unpaired) electrons. The Balaban J connectivity index is 1.92. The molecule has 0 aliphatic heterocycles. The van der Waals surface area contributed by atoms with Crippen molar-refractivity contribution in [1.29, 1.82) is 0 Å². The van der Waals surface area contributed by atoms with Crippen LogP contribution in [0, 0.1) is 0 Å². The molecular weight excluding hydrogens is 432 g/mol. The van der Waals surface area contributed by atoms with Crippen LogP contribution in [0.1, 0.15) is 31.7 Å². The van der Waals surface area contributed by atoms with Crippen LogP contribution < -0.4 is 5.32 Å². The van der Waals surface area contributed by atoms with Crippen molar-refractivity contribution in [2.45, 2.75) is 31.3 Å². The minimum absolute atomic E-state index is 0.0409. The number of hydrogen-bond acceptors (Lipinski definition) is 5. The number of hydrogen-bond donors (Lipinski definition) is 1. The molecule has 0 bridgehead atoms. The third-order valence-electron chi connectivity index (χ3n) is 4.72. The first-order valence-corrected chi connectivity index (χ1v) is 11.6. The monoisotopic (exact) mass is 458 g/mol. The van der Waals surface area contributed by atoms with E-state index in [1.54, 1.807) is 7.11 Å². The van der Waals surface area contributed by atoms with E-state index in [1.807, 2.05) is 41.0 Å². The Hall–Kier alpha value is -2.35. The molecule has 0 spiro atoms. The molecular formula is C23H27ClN4O2S. The fourth-order valence-corrected chi connectivity index (χ4v) is 4.07. The van der Waals surface area contributed by atoms with Crippen molar-refractivity contribution in [3.63, 3.8) is 0 Å². The first-order chi connectivity index (χ1) is 15.0. The molecule has 6 nitrogen and oxygen atoms in total. The lowest BCUT2D eigenvalue weighted by Gasteiger charge is -2.17. The Morgan fingerprint density at radius 3 is 2.61 bits per heavy atom. The summed E-state index contributed by atoms with van der Waals surface area (Å²) in [7, 11) is 1.65. The first-order valence-electron chi connectivity index (χ1n) is 10.2. The predicted octanol–water partition coefficient (Wildman–Crippen LogP) is 4.96. The Morgan fingerprint density at radius 1 is 1.16 bits per heavy atom. The molecule has 0 unspecified atom stereocenters. The fraction of sp³-hybridized carbons (Fsp3) is 0.348. The summed E-state index contributed by atoms with van der Waals surface area (Å²) in [6.45, 7) is 5.53. The summed E-state index contributed by atoms with van der Waals surface area (Å²) in [5.41, 5.74) is 3.10. The van der Waals surface area contributed by atoms with Gasteiger partial charge in [-0.25, -0.2) is 0 Å². The molecule has 2 aromatic carbocycles. The second-order valence-corrected chi connectivity index (χ2v) is 8.73. The molecule has 8 heteroatoms. The van der Waals surface area contributed by atoms with Gasteiger partial charge in [-0.1, -0.05) is 55.4 Å². The van der Waals surface area contributed by atoms with E-state index < -0.39 is 0 Å². The van der Waals surface area contributed by atoms with Gasteiger partial charge in [0.1, 0.15) is 0 Å². The van der Waals surface area contributed by atoms with Crippen LogP contribution in [0.25, 0.3) is 17.1 Å². The third kappa shape index (κ3) is 6.09. The molecule has 0 atom stereocenters. The van der Waals surface area contributed by atoms with Gasteiger partial charge >= 0.3 is 0 Å². The van der Waals surface area contributed by atoms with Gasteiger partial charge in [0.25, 0.3) is 0 Å². The van der Waals surface area contributed by atoms with Gasteiger partial charge in [0.15, 0.2) is 11.0 Å². The number of para-hydroxylation sites is 1. The molecule has 3 rings (SSSR count). The van der Waals surface area contributed by atoms with Crippen LogP contribution in [0.2, 0.25) is 5.02 Å². The largest absolute Gasteiger partial charge is 0.385 e. The summed E-state index contributed by atoms with van der Waals surface area (Å²) in [4.78, 5) is 12.3. The van der Waals surface area contributed by atoms with Gasteiger partial charge in [-0.3, -0.25) is 9.36 Å². The van der Waals surface area contributed by atoms with E-state index in [0.29, 0.717) is 35.1 Å². The maximum Gasteiger partial charge on any atom is 0.230 e. The molecule has 1 aromatic heterocycles. The molecule has 0 aliphatic rings. The third-order valence-corrected chi connectivity index (χ3v) is 5.90. The number of halogens is 1. The van der Waals surface area contributed by atoms with E-state index in [9.17, 15) is 4.79 Å². The number of carbonyl (C=O) groups excluding carboxylic acids is 1. The minimum atomic E-state index is -0.0409. The summed E-state index contributed by atoms with van der Waals surface area (Å²) in [6.07, 6.45) is 0.783. The van der Waals surface area contributed by atoms with Crippen LogP contribution in [-0.4, -0.2) is 46.7 Å². The number of amides is 1. The highest BCUT2D eigenvalue weighted by atomic mass is 35.5. The number of carbonyl (C=O) groups is 1. The van der Waals surface area contributed by atoms with E-state index in [1.165, 1.54) is 17.3 Å². The zero-order chi connectivity index (χ0) is 22.2. The maximum atomic E-state index is 12.3. The van der Waals surface area contributed by atoms with E-state index in [4.69, 9.17) is 16.3 Å². The molecule has 1 amide bonds. The van der Waals surface area contributed by atoms with Gasteiger partial charge in [-0.2, -0.15) is 0 Å². The molecule has 0 saturated carbocycles. The molecule has 31 heavy (non-hydrogen) atoms. The van der Waals surface area contributed by atoms with Crippen LogP contribution >= 0.6 is 23.4 Å². The second kappa shape index (κ2) is 11.3. The molecule has 0 aliphatic carbocycles. The molecule has 1 heterocycles. The smallest absolute Gasteiger partial charge is 0.230 e. The molecule has 164 valence electrons. The predicted molar refractivity (Wildman–Crippen MR) is 126 cm³/mol. The highest BCUT2D eigenvalue weighted by molar-refractivity contribution is 7.99. The Bertz CT molecular complexity index is 1010. The van der Waals surface area contributed by atoms with Gasteiger partial charge < -0.3 is 10.1 Å². The van der Waals surface area contributed by atoms with Crippen molar-refractivity contribution >= 4 is 29.3 Å². The van der Waals surface area contributed by atoms with Crippen LogP contribution in [0.4, 0.5) is 0 Å². The van der Waals surface area contributed by atoms with E-state index in [-0.39, 0.29) is 11.7 Å². The van der Waals surface area contributed by atoms with Crippen molar-refractivity contribution in [1.82, 2.24) is 20.1 Å². The van der Waals surface area contributed by atoms with Gasteiger partial charge in [0.2, 0.25) is 5.91 Å². The number of aromatic nitrogens is 3. The fourth-order valence-electron chi connectivity index (χ4n) is 3.17. The van der Waals surface area contributed by atoms with Gasteiger partial charge in [0.05, 0.1) is 11.4 Å². The van der Waals surface area contributed by atoms with E-state index in [0.717, 1.165) is 17.7 Å². The zero-order valence-corrected chi connectivity index (χ0v) is 19.5. The number of thioether (sulfide) groups is 1. The lowest BCUT2D eigenvalue weighted by Crippen LogP contribution is -2.27. The highest BCUT2D eigenvalue weighted by Crippen LogP contribution is 2.32. The van der Waals surface area contributed by atoms with Crippen molar-refractivity contribution in [3.8, 4) is 17.1 Å². The van der Waals surface area contributed by atoms with Gasteiger partial charge in [-0.05, 0) is 48.2 Å².